The van der Waals surface area contributed by atoms with Crippen LogP contribution in [0.4, 0.5) is 0 Å². The predicted molar refractivity (Wildman–Crippen MR) is 55.2 cm³/mol. The molecule has 8 heteroatoms. The molecule has 0 bridgehead atoms. The van der Waals surface area contributed by atoms with Crippen LogP contribution < -0.4 is 0 Å². The van der Waals surface area contributed by atoms with Crippen molar-refractivity contribution in [1.82, 2.24) is 0 Å². The molecule has 0 spiro atoms. The second kappa shape index (κ2) is 6.41. The first-order valence-corrected chi connectivity index (χ1v) is 7.72. The van der Waals surface area contributed by atoms with Crippen LogP contribution in [0.5, 0.6) is 0 Å². The van der Waals surface area contributed by atoms with E-state index in [4.69, 9.17) is 0 Å². The standard InChI is InChI=1S/C7H16O6S2/c1-3-5-12-14(8,9)7-15(10,11)13-6-4-2/h3-7H2,1-2H3. The molecule has 0 rings (SSSR count). The molecule has 0 radical (unpaired) electrons. The molecule has 0 aromatic rings. The van der Waals surface area contributed by atoms with E-state index in [2.05, 4.69) is 8.37 Å². The second-order valence-electron chi connectivity index (χ2n) is 2.88. The van der Waals surface area contributed by atoms with Crippen LogP contribution >= 0.6 is 0 Å². The Morgan fingerprint density at radius 1 is 0.800 bits per heavy atom. The number of rotatable bonds is 8. The van der Waals surface area contributed by atoms with Crippen LogP contribution in [0.1, 0.15) is 26.7 Å². The number of hydrogen-bond donors (Lipinski definition) is 0. The van der Waals surface area contributed by atoms with Gasteiger partial charge in [0.25, 0.3) is 20.2 Å². The lowest BCUT2D eigenvalue weighted by atomic mass is 10.5. The van der Waals surface area contributed by atoms with Crippen molar-refractivity contribution < 1.29 is 25.2 Å². The highest BCUT2D eigenvalue weighted by atomic mass is 32.3. The Labute approximate surface area is 90.8 Å². The third-order valence-electron chi connectivity index (χ3n) is 1.22. The lowest BCUT2D eigenvalue weighted by molar-refractivity contribution is 0.309. The van der Waals surface area contributed by atoms with E-state index in [0.29, 0.717) is 12.8 Å². The van der Waals surface area contributed by atoms with Crippen LogP contribution in [0.3, 0.4) is 0 Å². The summed E-state index contributed by atoms with van der Waals surface area (Å²) in [7, 11) is -8.09. The SMILES string of the molecule is CCCOS(=O)(=O)CS(=O)(=O)OCCC. The summed E-state index contributed by atoms with van der Waals surface area (Å²) in [6.07, 6.45) is 0.990. The van der Waals surface area contributed by atoms with E-state index >= 15 is 0 Å². The first kappa shape index (κ1) is 14.8. The fourth-order valence-electron chi connectivity index (χ4n) is 0.665. The highest BCUT2D eigenvalue weighted by Crippen LogP contribution is 2.03. The van der Waals surface area contributed by atoms with Gasteiger partial charge in [-0.2, -0.15) is 16.8 Å². The van der Waals surface area contributed by atoms with Gasteiger partial charge >= 0.3 is 0 Å². The third kappa shape index (κ3) is 7.71. The normalized spacial score (nSPS) is 12.9. The van der Waals surface area contributed by atoms with Crippen molar-refractivity contribution >= 4 is 20.2 Å². The average Bonchev–Trinajstić information content (AvgIpc) is 2.10. The highest BCUT2D eigenvalue weighted by Gasteiger charge is 2.23. The van der Waals surface area contributed by atoms with Crippen molar-refractivity contribution in [2.75, 3.05) is 18.3 Å². The minimum atomic E-state index is -4.04. The van der Waals surface area contributed by atoms with Crippen LogP contribution in [0.2, 0.25) is 0 Å². The van der Waals surface area contributed by atoms with Gasteiger partial charge in [0.1, 0.15) is 0 Å². The fraction of sp³-hybridized carbons (Fsp3) is 1.00. The van der Waals surface area contributed by atoms with E-state index in [1.807, 2.05) is 0 Å². The Bertz CT molecular complexity index is 319. The molecule has 0 heterocycles. The van der Waals surface area contributed by atoms with E-state index < -0.39 is 25.3 Å². The largest absolute Gasteiger partial charge is 0.284 e. The summed E-state index contributed by atoms with van der Waals surface area (Å²) in [5.41, 5.74) is 0. The van der Waals surface area contributed by atoms with Crippen molar-refractivity contribution in [3.05, 3.63) is 0 Å². The summed E-state index contributed by atoms with van der Waals surface area (Å²) in [6.45, 7) is 3.40. The van der Waals surface area contributed by atoms with Crippen LogP contribution in [0.15, 0.2) is 0 Å². The third-order valence-corrected chi connectivity index (χ3v) is 4.58. The Hall–Kier alpha value is -0.180. The van der Waals surface area contributed by atoms with Crippen LogP contribution in [-0.2, 0) is 28.6 Å². The molecule has 0 aliphatic rings. The van der Waals surface area contributed by atoms with Gasteiger partial charge in [0.05, 0.1) is 13.2 Å². The molecule has 0 saturated heterocycles. The predicted octanol–water partition coefficient (Wildman–Crippen LogP) is 0.457. The summed E-state index contributed by atoms with van der Waals surface area (Å²) in [5, 5.41) is -1.13. The minimum absolute atomic E-state index is 0.0222. The summed E-state index contributed by atoms with van der Waals surface area (Å²) in [6, 6.07) is 0. The van der Waals surface area contributed by atoms with E-state index in [0.717, 1.165) is 0 Å². The van der Waals surface area contributed by atoms with Gasteiger partial charge in [0.15, 0.2) is 0 Å². The first-order valence-electron chi connectivity index (χ1n) is 4.57. The van der Waals surface area contributed by atoms with Crippen molar-refractivity contribution in [2.45, 2.75) is 26.7 Å². The van der Waals surface area contributed by atoms with Gasteiger partial charge in [-0.1, -0.05) is 13.8 Å². The van der Waals surface area contributed by atoms with Gasteiger partial charge in [-0.3, -0.25) is 8.37 Å². The Kier molecular flexibility index (Phi) is 6.34. The molecule has 0 fully saturated rings. The zero-order valence-corrected chi connectivity index (χ0v) is 10.4. The summed E-state index contributed by atoms with van der Waals surface area (Å²) < 4.78 is 53.2. The molecule has 0 N–H and O–H groups in total. The summed E-state index contributed by atoms with van der Waals surface area (Å²) >= 11 is 0. The molecular weight excluding hydrogens is 244 g/mol. The van der Waals surface area contributed by atoms with Crippen molar-refractivity contribution in [1.29, 1.82) is 0 Å². The smallest absolute Gasteiger partial charge is 0.269 e. The lowest BCUT2D eigenvalue weighted by Crippen LogP contribution is -2.21. The molecule has 0 aliphatic carbocycles. The van der Waals surface area contributed by atoms with Crippen molar-refractivity contribution in [2.24, 2.45) is 0 Å². The van der Waals surface area contributed by atoms with Gasteiger partial charge in [0, 0.05) is 0 Å². The Balaban J connectivity index is 4.32. The van der Waals surface area contributed by atoms with Crippen LogP contribution in [-0.4, -0.2) is 35.1 Å². The molecule has 6 nitrogen and oxygen atoms in total. The van der Waals surface area contributed by atoms with Crippen molar-refractivity contribution in [3.8, 4) is 0 Å². The van der Waals surface area contributed by atoms with Crippen LogP contribution in [0, 0.1) is 0 Å². The van der Waals surface area contributed by atoms with E-state index in [1.54, 1.807) is 13.8 Å². The van der Waals surface area contributed by atoms with Gasteiger partial charge in [-0.15, -0.1) is 0 Å². The molecule has 0 aromatic heterocycles. The zero-order valence-electron chi connectivity index (χ0n) is 8.80. The average molecular weight is 260 g/mol. The van der Waals surface area contributed by atoms with Crippen molar-refractivity contribution in [3.63, 3.8) is 0 Å². The van der Waals surface area contributed by atoms with Gasteiger partial charge < -0.3 is 0 Å². The van der Waals surface area contributed by atoms with E-state index in [9.17, 15) is 16.8 Å². The Morgan fingerprint density at radius 2 is 1.13 bits per heavy atom. The van der Waals surface area contributed by atoms with Gasteiger partial charge in [-0.05, 0) is 12.8 Å². The molecule has 92 valence electrons. The van der Waals surface area contributed by atoms with E-state index in [1.165, 1.54) is 0 Å². The maximum absolute atomic E-state index is 11.1. The molecule has 0 atom stereocenters. The second-order valence-corrected chi connectivity index (χ2v) is 6.52. The maximum atomic E-state index is 11.1. The molecule has 15 heavy (non-hydrogen) atoms. The lowest BCUT2D eigenvalue weighted by Gasteiger charge is -2.05. The van der Waals surface area contributed by atoms with E-state index in [-0.39, 0.29) is 13.2 Å². The zero-order chi connectivity index (χ0) is 11.9. The monoisotopic (exact) mass is 260 g/mol. The summed E-state index contributed by atoms with van der Waals surface area (Å²) in [5.74, 6) is 0. The molecule has 0 aromatic carbocycles. The topological polar surface area (TPSA) is 86.7 Å². The van der Waals surface area contributed by atoms with Crippen LogP contribution in [0.25, 0.3) is 0 Å². The first-order chi connectivity index (χ1) is 6.83. The maximum Gasteiger partial charge on any atom is 0.284 e. The molecular formula is C7H16O6S2. The summed E-state index contributed by atoms with van der Waals surface area (Å²) in [4.78, 5) is 0. The quantitative estimate of drug-likeness (QED) is 0.589. The number of hydrogen-bond acceptors (Lipinski definition) is 6. The van der Waals surface area contributed by atoms with Gasteiger partial charge in [0.2, 0.25) is 5.08 Å². The fourth-order valence-corrected chi connectivity index (χ4v) is 3.47. The molecule has 0 unspecified atom stereocenters. The molecule has 0 aliphatic heterocycles. The minimum Gasteiger partial charge on any atom is -0.269 e. The highest BCUT2D eigenvalue weighted by molar-refractivity contribution is 8.03. The molecule has 0 amide bonds. The van der Waals surface area contributed by atoms with Gasteiger partial charge in [-0.25, -0.2) is 0 Å². The Morgan fingerprint density at radius 3 is 1.40 bits per heavy atom. The molecule has 0 saturated carbocycles.